The molecule has 2 nitrogen and oxygen atoms in total. The van der Waals surface area contributed by atoms with Crippen LogP contribution in [0.2, 0.25) is 0 Å². The summed E-state index contributed by atoms with van der Waals surface area (Å²) in [5, 5.41) is 3.67. The fourth-order valence-corrected chi connectivity index (χ4v) is 3.50. The Bertz CT molecular complexity index is 472. The number of Topliss-reactive ketones (excluding diaryl/α,β-unsaturated/α-hetero) is 1. The van der Waals surface area contributed by atoms with Crippen molar-refractivity contribution in [3.05, 3.63) is 22.4 Å². The molecule has 3 atom stereocenters. The van der Waals surface area contributed by atoms with Crippen LogP contribution in [-0.4, -0.2) is 12.3 Å². The van der Waals surface area contributed by atoms with E-state index in [0.29, 0.717) is 5.92 Å². The Hall–Kier alpha value is -1.05. The lowest BCUT2D eigenvalue weighted by Crippen LogP contribution is -2.19. The second-order valence-electron chi connectivity index (χ2n) is 6.99. The largest absolute Gasteiger partial charge is 0.388 e. The molecule has 3 unspecified atom stereocenters. The molecule has 2 heteroatoms. The van der Waals surface area contributed by atoms with Gasteiger partial charge in [0.2, 0.25) is 0 Å². The van der Waals surface area contributed by atoms with E-state index in [1.165, 1.54) is 36.1 Å². The highest BCUT2D eigenvalue weighted by Crippen LogP contribution is 2.57. The molecule has 0 amide bonds. The van der Waals surface area contributed by atoms with E-state index in [2.05, 4.69) is 33.0 Å². The van der Waals surface area contributed by atoms with Gasteiger partial charge in [-0.25, -0.2) is 0 Å². The van der Waals surface area contributed by atoms with Crippen molar-refractivity contribution < 1.29 is 4.79 Å². The predicted molar refractivity (Wildman–Crippen MR) is 89.0 cm³/mol. The monoisotopic (exact) mass is 289 g/mol. The predicted octanol–water partition coefficient (Wildman–Crippen LogP) is 4.62. The van der Waals surface area contributed by atoms with Gasteiger partial charge in [-0.05, 0) is 62.9 Å². The second-order valence-corrected chi connectivity index (χ2v) is 6.99. The zero-order chi connectivity index (χ0) is 15.6. The van der Waals surface area contributed by atoms with Crippen LogP contribution in [0.4, 0.5) is 0 Å². The number of rotatable bonds is 8. The maximum absolute atomic E-state index is 12.1. The SMILES string of the molecule is CC/C(C)=C(\C(C)=O)C1=C(NCCC(C)CC)CC2CC12. The molecule has 0 aromatic heterocycles. The van der Waals surface area contributed by atoms with Crippen molar-refractivity contribution >= 4 is 5.78 Å². The molecule has 0 aromatic rings. The van der Waals surface area contributed by atoms with Gasteiger partial charge < -0.3 is 5.32 Å². The average molecular weight is 289 g/mol. The van der Waals surface area contributed by atoms with Gasteiger partial charge in [0.25, 0.3) is 0 Å². The molecule has 0 aliphatic heterocycles. The van der Waals surface area contributed by atoms with Crippen molar-refractivity contribution in [2.75, 3.05) is 6.54 Å². The van der Waals surface area contributed by atoms with Crippen molar-refractivity contribution in [1.29, 1.82) is 0 Å². The minimum Gasteiger partial charge on any atom is -0.388 e. The van der Waals surface area contributed by atoms with Gasteiger partial charge in [-0.15, -0.1) is 0 Å². The number of nitrogens with one attached hydrogen (secondary N) is 1. The molecule has 2 rings (SSSR count). The van der Waals surface area contributed by atoms with Crippen LogP contribution in [0.5, 0.6) is 0 Å². The maximum atomic E-state index is 12.1. The Balaban J connectivity index is 2.16. The normalized spacial score (nSPS) is 26.3. The molecule has 21 heavy (non-hydrogen) atoms. The summed E-state index contributed by atoms with van der Waals surface area (Å²) >= 11 is 0. The Morgan fingerprint density at radius 2 is 2.05 bits per heavy atom. The van der Waals surface area contributed by atoms with Gasteiger partial charge in [-0.3, -0.25) is 4.79 Å². The zero-order valence-electron chi connectivity index (χ0n) is 14.4. The summed E-state index contributed by atoms with van der Waals surface area (Å²) in [6, 6.07) is 0. The molecule has 0 radical (unpaired) electrons. The summed E-state index contributed by atoms with van der Waals surface area (Å²) in [6.45, 7) is 11.6. The van der Waals surface area contributed by atoms with E-state index in [1.54, 1.807) is 6.92 Å². The van der Waals surface area contributed by atoms with Crippen LogP contribution in [0.25, 0.3) is 0 Å². The third-order valence-corrected chi connectivity index (χ3v) is 5.34. The van der Waals surface area contributed by atoms with Gasteiger partial charge in [-0.1, -0.05) is 32.8 Å². The van der Waals surface area contributed by atoms with Crippen molar-refractivity contribution in [3.63, 3.8) is 0 Å². The first-order valence-corrected chi connectivity index (χ1v) is 8.67. The first kappa shape index (κ1) is 16.3. The van der Waals surface area contributed by atoms with E-state index in [-0.39, 0.29) is 5.78 Å². The minimum absolute atomic E-state index is 0.248. The van der Waals surface area contributed by atoms with Gasteiger partial charge in [0, 0.05) is 17.8 Å². The molecular weight excluding hydrogens is 258 g/mol. The number of allylic oxidation sites excluding steroid dienone is 4. The molecule has 0 bridgehead atoms. The molecule has 0 saturated heterocycles. The minimum atomic E-state index is 0.248. The molecule has 1 fully saturated rings. The highest BCUT2D eigenvalue weighted by atomic mass is 16.1. The van der Waals surface area contributed by atoms with E-state index < -0.39 is 0 Å². The van der Waals surface area contributed by atoms with Crippen LogP contribution >= 0.6 is 0 Å². The zero-order valence-corrected chi connectivity index (χ0v) is 14.4. The number of fused-ring (bicyclic) bond motifs is 1. The summed E-state index contributed by atoms with van der Waals surface area (Å²) in [5.41, 5.74) is 5.04. The second kappa shape index (κ2) is 6.81. The molecule has 0 spiro atoms. The summed E-state index contributed by atoms with van der Waals surface area (Å²) in [5.74, 6) is 2.50. The Kier molecular flexibility index (Phi) is 5.29. The Morgan fingerprint density at radius 1 is 1.33 bits per heavy atom. The average Bonchev–Trinajstić information content (AvgIpc) is 3.13. The summed E-state index contributed by atoms with van der Waals surface area (Å²) < 4.78 is 0. The lowest BCUT2D eigenvalue weighted by atomic mass is 9.92. The topological polar surface area (TPSA) is 29.1 Å². The van der Waals surface area contributed by atoms with Crippen molar-refractivity contribution in [1.82, 2.24) is 5.32 Å². The van der Waals surface area contributed by atoms with E-state index in [0.717, 1.165) is 36.8 Å². The molecule has 2 aliphatic rings. The number of carbonyl (C=O) groups is 1. The molecule has 0 heterocycles. The lowest BCUT2D eigenvalue weighted by molar-refractivity contribution is -0.113. The molecular formula is C19H31NO. The smallest absolute Gasteiger partial charge is 0.160 e. The standard InChI is InChI=1S/C19H31NO/c1-6-12(3)8-9-20-17-11-15-10-16(15)19(17)18(14(5)21)13(4)7-2/h12,15-16,20H,6-11H2,1-5H3/b18-13+. The third kappa shape index (κ3) is 3.59. The molecule has 1 saturated carbocycles. The fourth-order valence-electron chi connectivity index (χ4n) is 3.50. The van der Waals surface area contributed by atoms with Gasteiger partial charge in [0.05, 0.1) is 0 Å². The Morgan fingerprint density at radius 3 is 2.62 bits per heavy atom. The highest BCUT2D eigenvalue weighted by molar-refractivity contribution is 5.99. The van der Waals surface area contributed by atoms with Gasteiger partial charge >= 0.3 is 0 Å². The molecule has 2 aliphatic carbocycles. The Labute approximate surface area is 130 Å². The highest BCUT2D eigenvalue weighted by Gasteiger charge is 2.48. The molecule has 118 valence electrons. The van der Waals surface area contributed by atoms with E-state index >= 15 is 0 Å². The lowest BCUT2D eigenvalue weighted by Gasteiger charge is -2.17. The number of carbonyl (C=O) groups excluding carboxylic acids is 1. The van der Waals surface area contributed by atoms with Crippen molar-refractivity contribution in [3.8, 4) is 0 Å². The van der Waals surface area contributed by atoms with Crippen LogP contribution in [0.1, 0.15) is 66.7 Å². The fraction of sp³-hybridized carbons (Fsp3) is 0.737. The first-order valence-electron chi connectivity index (χ1n) is 8.67. The summed E-state index contributed by atoms with van der Waals surface area (Å²) in [4.78, 5) is 12.1. The van der Waals surface area contributed by atoms with Crippen LogP contribution < -0.4 is 5.32 Å². The van der Waals surface area contributed by atoms with Crippen LogP contribution in [0, 0.1) is 17.8 Å². The molecule has 0 aromatic carbocycles. The van der Waals surface area contributed by atoms with Crippen LogP contribution in [0.15, 0.2) is 22.4 Å². The number of hydrogen-bond donors (Lipinski definition) is 1. The quantitative estimate of drug-likeness (QED) is 0.660. The van der Waals surface area contributed by atoms with Gasteiger partial charge in [-0.2, -0.15) is 0 Å². The first-order chi connectivity index (χ1) is 9.99. The summed E-state index contributed by atoms with van der Waals surface area (Å²) in [7, 11) is 0. The third-order valence-electron chi connectivity index (χ3n) is 5.34. The van der Waals surface area contributed by atoms with Gasteiger partial charge in [0.15, 0.2) is 5.78 Å². The van der Waals surface area contributed by atoms with Crippen molar-refractivity contribution in [2.24, 2.45) is 17.8 Å². The van der Waals surface area contributed by atoms with Crippen molar-refractivity contribution in [2.45, 2.75) is 66.7 Å². The van der Waals surface area contributed by atoms with Gasteiger partial charge in [0.1, 0.15) is 0 Å². The van der Waals surface area contributed by atoms with E-state index in [4.69, 9.17) is 0 Å². The van der Waals surface area contributed by atoms with Crippen LogP contribution in [0.3, 0.4) is 0 Å². The van der Waals surface area contributed by atoms with E-state index in [9.17, 15) is 4.79 Å². The number of ketones is 1. The van der Waals surface area contributed by atoms with Crippen LogP contribution in [-0.2, 0) is 4.79 Å². The van der Waals surface area contributed by atoms with E-state index in [1.807, 2.05) is 0 Å². The summed E-state index contributed by atoms with van der Waals surface area (Å²) in [6.07, 6.45) is 5.88. The molecule has 1 N–H and O–H groups in total. The maximum Gasteiger partial charge on any atom is 0.160 e. The number of hydrogen-bond acceptors (Lipinski definition) is 2.